The molecule has 0 aliphatic carbocycles. The number of nitrogens with one attached hydrogen (secondary N) is 1. The summed E-state index contributed by atoms with van der Waals surface area (Å²) in [5.41, 5.74) is 0.349. The predicted octanol–water partition coefficient (Wildman–Crippen LogP) is 1.41. The van der Waals surface area contributed by atoms with E-state index in [9.17, 15) is 9.59 Å². The molecule has 0 aromatic carbocycles. The molecule has 0 atom stereocenters. The summed E-state index contributed by atoms with van der Waals surface area (Å²) in [5.74, 6) is -0.533. The third kappa shape index (κ3) is 7.73. The Hall–Kier alpha value is -1.32. The van der Waals surface area contributed by atoms with Gasteiger partial charge in [-0.25, -0.2) is 4.79 Å². The summed E-state index contributed by atoms with van der Waals surface area (Å²) < 4.78 is 4.78. The third-order valence-corrected chi connectivity index (χ3v) is 1.76. The van der Waals surface area contributed by atoms with Crippen LogP contribution in [0.2, 0.25) is 0 Å². The molecule has 0 aliphatic rings. The molecule has 0 fully saturated rings. The molecule has 0 rings (SSSR count). The van der Waals surface area contributed by atoms with E-state index in [4.69, 9.17) is 4.74 Å². The largest absolute Gasteiger partial charge is 0.462 e. The van der Waals surface area contributed by atoms with E-state index in [1.165, 1.54) is 0 Å². The average Bonchev–Trinajstić information content (AvgIpc) is 2.18. The maximum Gasteiger partial charge on any atom is 0.333 e. The highest BCUT2D eigenvalue weighted by Gasteiger charge is 2.05. The van der Waals surface area contributed by atoms with Crippen molar-refractivity contribution in [3.63, 3.8) is 0 Å². The van der Waals surface area contributed by atoms with E-state index in [-0.39, 0.29) is 18.9 Å². The topological polar surface area (TPSA) is 55.4 Å². The van der Waals surface area contributed by atoms with Crippen molar-refractivity contribution in [1.82, 2.24) is 5.32 Å². The zero-order valence-corrected chi connectivity index (χ0v) is 9.47. The molecular formula is C11H19NO3. The van der Waals surface area contributed by atoms with E-state index < -0.39 is 5.97 Å². The van der Waals surface area contributed by atoms with E-state index in [0.29, 0.717) is 12.1 Å². The first-order valence-electron chi connectivity index (χ1n) is 5.17. The zero-order valence-electron chi connectivity index (χ0n) is 9.47. The number of unbranched alkanes of at least 4 members (excludes halogenated alkanes) is 1. The first kappa shape index (κ1) is 13.7. The highest BCUT2D eigenvalue weighted by Crippen LogP contribution is 1.93. The number of esters is 1. The fourth-order valence-electron chi connectivity index (χ4n) is 0.853. The lowest BCUT2D eigenvalue weighted by molar-refractivity contribution is -0.139. The highest BCUT2D eigenvalue weighted by atomic mass is 16.5. The molecular weight excluding hydrogens is 194 g/mol. The van der Waals surface area contributed by atoms with Crippen molar-refractivity contribution in [3.8, 4) is 0 Å². The summed E-state index contributed by atoms with van der Waals surface area (Å²) in [5, 5.41) is 2.73. The van der Waals surface area contributed by atoms with Gasteiger partial charge < -0.3 is 10.1 Å². The van der Waals surface area contributed by atoms with Gasteiger partial charge in [0.1, 0.15) is 6.61 Å². The smallest absolute Gasteiger partial charge is 0.333 e. The number of ether oxygens (including phenoxy) is 1. The second-order valence-corrected chi connectivity index (χ2v) is 3.37. The Morgan fingerprint density at radius 1 is 1.40 bits per heavy atom. The van der Waals surface area contributed by atoms with Gasteiger partial charge in [-0.1, -0.05) is 19.9 Å². The minimum Gasteiger partial charge on any atom is -0.462 e. The van der Waals surface area contributed by atoms with Crippen molar-refractivity contribution in [2.45, 2.75) is 33.1 Å². The highest BCUT2D eigenvalue weighted by molar-refractivity contribution is 5.87. The van der Waals surface area contributed by atoms with Gasteiger partial charge in [-0.3, -0.25) is 4.79 Å². The van der Waals surface area contributed by atoms with E-state index in [1.807, 2.05) is 0 Å². The van der Waals surface area contributed by atoms with Crippen LogP contribution in [-0.2, 0) is 14.3 Å². The molecule has 0 aromatic heterocycles. The van der Waals surface area contributed by atoms with Gasteiger partial charge in [0.25, 0.3) is 0 Å². The van der Waals surface area contributed by atoms with E-state index in [0.717, 1.165) is 12.8 Å². The Bertz CT molecular complexity index is 236. The molecule has 15 heavy (non-hydrogen) atoms. The van der Waals surface area contributed by atoms with Gasteiger partial charge in [-0.2, -0.15) is 0 Å². The Morgan fingerprint density at radius 2 is 2.07 bits per heavy atom. The van der Waals surface area contributed by atoms with Crippen molar-refractivity contribution >= 4 is 11.9 Å². The van der Waals surface area contributed by atoms with Crippen LogP contribution in [0.25, 0.3) is 0 Å². The number of hydrogen-bond donors (Lipinski definition) is 1. The second-order valence-electron chi connectivity index (χ2n) is 3.37. The Kier molecular flexibility index (Phi) is 7.32. The predicted molar refractivity (Wildman–Crippen MR) is 58.3 cm³/mol. The van der Waals surface area contributed by atoms with Gasteiger partial charge in [-0.05, 0) is 13.3 Å². The minimum atomic E-state index is -0.448. The van der Waals surface area contributed by atoms with Gasteiger partial charge in [-0.15, -0.1) is 0 Å². The quantitative estimate of drug-likeness (QED) is 0.395. The average molecular weight is 213 g/mol. The SMILES string of the molecule is C=C(C)C(=O)OCCC(=O)NCCCC. The molecule has 1 N–H and O–H groups in total. The summed E-state index contributed by atoms with van der Waals surface area (Å²) in [6.07, 6.45) is 2.23. The summed E-state index contributed by atoms with van der Waals surface area (Å²) in [7, 11) is 0. The van der Waals surface area contributed by atoms with Crippen LogP contribution in [0.3, 0.4) is 0 Å². The summed E-state index contributed by atoms with van der Waals surface area (Å²) >= 11 is 0. The standard InChI is InChI=1S/C11H19NO3/c1-4-5-7-12-10(13)6-8-15-11(14)9(2)3/h2,4-8H2,1,3H3,(H,12,13). The lowest BCUT2D eigenvalue weighted by Crippen LogP contribution is -2.25. The molecule has 4 heteroatoms. The molecule has 86 valence electrons. The maximum absolute atomic E-state index is 11.1. The summed E-state index contributed by atoms with van der Waals surface area (Å²) in [6.45, 7) is 7.87. The fraction of sp³-hybridized carbons (Fsp3) is 0.636. The van der Waals surface area contributed by atoms with Gasteiger partial charge in [0.15, 0.2) is 0 Å². The normalized spacial score (nSPS) is 9.47. The third-order valence-electron chi connectivity index (χ3n) is 1.76. The maximum atomic E-state index is 11.1. The molecule has 0 spiro atoms. The van der Waals surface area contributed by atoms with Gasteiger partial charge >= 0.3 is 5.97 Å². The van der Waals surface area contributed by atoms with Crippen molar-refractivity contribution in [2.75, 3.05) is 13.2 Å². The molecule has 1 amide bonds. The van der Waals surface area contributed by atoms with Gasteiger partial charge in [0.05, 0.1) is 6.42 Å². The summed E-state index contributed by atoms with van der Waals surface area (Å²) in [4.78, 5) is 22.1. The van der Waals surface area contributed by atoms with Crippen molar-refractivity contribution < 1.29 is 14.3 Å². The number of carbonyl (C=O) groups excluding carboxylic acids is 2. The molecule has 0 aliphatic heterocycles. The molecule has 0 radical (unpaired) electrons. The Labute approximate surface area is 90.7 Å². The Morgan fingerprint density at radius 3 is 2.60 bits per heavy atom. The fourth-order valence-corrected chi connectivity index (χ4v) is 0.853. The van der Waals surface area contributed by atoms with E-state index >= 15 is 0 Å². The van der Waals surface area contributed by atoms with Crippen molar-refractivity contribution in [2.24, 2.45) is 0 Å². The van der Waals surface area contributed by atoms with Crippen LogP contribution in [0.1, 0.15) is 33.1 Å². The first-order chi connectivity index (χ1) is 7.07. The Balaban J connectivity index is 3.47. The molecule has 4 nitrogen and oxygen atoms in total. The molecule has 0 aromatic rings. The molecule has 0 heterocycles. The van der Waals surface area contributed by atoms with Crippen LogP contribution in [0, 0.1) is 0 Å². The first-order valence-corrected chi connectivity index (χ1v) is 5.17. The number of rotatable bonds is 7. The molecule has 0 saturated heterocycles. The lowest BCUT2D eigenvalue weighted by Gasteiger charge is -2.05. The number of amides is 1. The lowest BCUT2D eigenvalue weighted by atomic mass is 10.3. The molecule has 0 saturated carbocycles. The van der Waals surface area contributed by atoms with Crippen molar-refractivity contribution in [3.05, 3.63) is 12.2 Å². The molecule has 0 unspecified atom stereocenters. The van der Waals surface area contributed by atoms with Crippen LogP contribution < -0.4 is 5.32 Å². The minimum absolute atomic E-state index is 0.0852. The number of carbonyl (C=O) groups is 2. The van der Waals surface area contributed by atoms with Crippen LogP contribution >= 0.6 is 0 Å². The van der Waals surface area contributed by atoms with Gasteiger partial charge in [0, 0.05) is 12.1 Å². The second kappa shape index (κ2) is 8.03. The van der Waals surface area contributed by atoms with E-state index in [2.05, 4.69) is 18.8 Å². The summed E-state index contributed by atoms with van der Waals surface area (Å²) in [6, 6.07) is 0. The number of hydrogen-bond acceptors (Lipinski definition) is 3. The van der Waals surface area contributed by atoms with Crippen LogP contribution in [0.15, 0.2) is 12.2 Å². The van der Waals surface area contributed by atoms with Crippen LogP contribution in [-0.4, -0.2) is 25.0 Å². The monoisotopic (exact) mass is 213 g/mol. The van der Waals surface area contributed by atoms with E-state index in [1.54, 1.807) is 6.92 Å². The van der Waals surface area contributed by atoms with Crippen molar-refractivity contribution in [1.29, 1.82) is 0 Å². The molecule has 0 bridgehead atoms. The van der Waals surface area contributed by atoms with Gasteiger partial charge in [0.2, 0.25) is 5.91 Å². The van der Waals surface area contributed by atoms with Crippen LogP contribution in [0.5, 0.6) is 0 Å². The van der Waals surface area contributed by atoms with Crippen LogP contribution in [0.4, 0.5) is 0 Å². The zero-order chi connectivity index (χ0) is 11.7.